The van der Waals surface area contributed by atoms with Crippen molar-refractivity contribution in [3.63, 3.8) is 0 Å². The molecule has 0 unspecified atom stereocenters. The van der Waals surface area contributed by atoms with E-state index in [1.54, 1.807) is 0 Å². The lowest BCUT2D eigenvalue weighted by Crippen LogP contribution is -2.31. The molecule has 25 heavy (non-hydrogen) atoms. The third-order valence-corrected chi connectivity index (χ3v) is 3.98. The van der Waals surface area contributed by atoms with Crippen molar-refractivity contribution in [3.8, 4) is 0 Å². The zero-order valence-corrected chi connectivity index (χ0v) is 17.5. The summed E-state index contributed by atoms with van der Waals surface area (Å²) in [6, 6.07) is 5.85. The first-order chi connectivity index (χ1) is 10.8. The second-order valence-electron chi connectivity index (χ2n) is 7.51. The third-order valence-electron chi connectivity index (χ3n) is 3.98. The number of hydrogen-bond donors (Lipinski definition) is 1. The molecule has 0 amide bonds. The number of fused-ring (bicyclic) bond motifs is 1. The van der Waals surface area contributed by atoms with E-state index >= 15 is 0 Å². The summed E-state index contributed by atoms with van der Waals surface area (Å²) in [7, 11) is 1.97. The van der Waals surface area contributed by atoms with Gasteiger partial charge in [0.15, 0.2) is 0 Å². The minimum absolute atomic E-state index is 0. The molecule has 4 nitrogen and oxygen atoms in total. The minimum atomic E-state index is 0. The molecule has 0 atom stereocenters. The highest BCUT2D eigenvalue weighted by molar-refractivity contribution is 5.85. The Bertz CT molecular complexity index is 736. The number of hydrogen-bond acceptors (Lipinski definition) is 3. The summed E-state index contributed by atoms with van der Waals surface area (Å²) < 4.78 is 1.89. The van der Waals surface area contributed by atoms with Crippen molar-refractivity contribution in [2.45, 2.75) is 53.5 Å². The average Bonchev–Trinajstić information content (AvgIpc) is 2.47. The number of unbranched alkanes of at least 4 members (excludes halogenated alkanes) is 1. The maximum atomic E-state index is 13.0. The molecule has 0 saturated carbocycles. The summed E-state index contributed by atoms with van der Waals surface area (Å²) in [5.74, 6) is 0.919. The van der Waals surface area contributed by atoms with Crippen LogP contribution in [0.1, 0.15) is 45.0 Å². The van der Waals surface area contributed by atoms with Gasteiger partial charge in [0.05, 0.1) is 10.9 Å². The summed E-state index contributed by atoms with van der Waals surface area (Å²) in [4.78, 5) is 17.8. The molecule has 6 heteroatoms. The van der Waals surface area contributed by atoms with Gasteiger partial charge in [0.2, 0.25) is 0 Å². The Balaban J connectivity index is 0.00000288. The van der Waals surface area contributed by atoms with E-state index in [1.807, 2.05) is 36.7 Å². The summed E-state index contributed by atoms with van der Waals surface area (Å²) >= 11 is 0. The molecule has 0 fully saturated rings. The first-order valence-corrected chi connectivity index (χ1v) is 8.47. The number of aryl methyl sites for hydroxylation is 2. The summed E-state index contributed by atoms with van der Waals surface area (Å²) in [6.07, 6.45) is 2.97. The van der Waals surface area contributed by atoms with Crippen molar-refractivity contribution >= 4 is 35.7 Å². The molecule has 0 aliphatic rings. The lowest BCUT2D eigenvalue weighted by Gasteiger charge is -2.23. The van der Waals surface area contributed by atoms with Gasteiger partial charge in [0.1, 0.15) is 5.82 Å². The fourth-order valence-electron chi connectivity index (χ4n) is 2.85. The number of nitrogens with one attached hydrogen (secondary N) is 1. The Morgan fingerprint density at radius 2 is 1.84 bits per heavy atom. The van der Waals surface area contributed by atoms with Crippen molar-refractivity contribution in [1.82, 2.24) is 14.9 Å². The fraction of sp³-hybridized carbons (Fsp3) is 0.579. The van der Waals surface area contributed by atoms with Crippen LogP contribution in [0.5, 0.6) is 0 Å². The maximum absolute atomic E-state index is 13.0. The molecule has 0 spiro atoms. The van der Waals surface area contributed by atoms with Gasteiger partial charge in [-0.2, -0.15) is 0 Å². The largest absolute Gasteiger partial charge is 0.320 e. The van der Waals surface area contributed by atoms with Gasteiger partial charge in [0, 0.05) is 13.0 Å². The molecule has 142 valence electrons. The van der Waals surface area contributed by atoms with E-state index in [0.29, 0.717) is 6.54 Å². The molecule has 0 aliphatic carbocycles. The monoisotopic (exact) mass is 387 g/mol. The highest BCUT2D eigenvalue weighted by atomic mass is 35.5. The van der Waals surface area contributed by atoms with E-state index in [1.165, 1.54) is 0 Å². The third kappa shape index (κ3) is 6.28. The van der Waals surface area contributed by atoms with Crippen molar-refractivity contribution in [2.75, 3.05) is 13.6 Å². The molecule has 1 aromatic carbocycles. The molecular weight excluding hydrogens is 357 g/mol. The predicted octanol–water partition coefficient (Wildman–Crippen LogP) is 4.14. The number of rotatable bonds is 6. The molecule has 2 aromatic rings. The van der Waals surface area contributed by atoms with Gasteiger partial charge in [-0.05, 0) is 50.4 Å². The Kier molecular flexibility index (Phi) is 9.70. The smallest absolute Gasteiger partial charge is 0.261 e. The van der Waals surface area contributed by atoms with Gasteiger partial charge >= 0.3 is 0 Å². The Morgan fingerprint density at radius 3 is 2.44 bits per heavy atom. The Labute approximate surface area is 163 Å². The molecule has 0 saturated heterocycles. The molecule has 1 heterocycles. The van der Waals surface area contributed by atoms with Crippen LogP contribution >= 0.6 is 24.8 Å². The molecular formula is C19H31Cl2N3O. The van der Waals surface area contributed by atoms with Crippen LogP contribution in [0.15, 0.2) is 23.0 Å². The second kappa shape index (κ2) is 10.1. The standard InChI is InChI=1S/C19H29N3O.2ClH/c1-14-9-8-10-15-17(14)21-16(11-6-7-12-20-5)22(18(15)23)13-19(2,3)4;;/h8-10,20H,6-7,11-13H2,1-5H3;2*1H. The quantitative estimate of drug-likeness (QED) is 0.757. The number of halogens is 2. The predicted molar refractivity (Wildman–Crippen MR) is 112 cm³/mol. The van der Waals surface area contributed by atoms with E-state index in [0.717, 1.165) is 48.1 Å². The van der Waals surface area contributed by atoms with Crippen LogP contribution in [0.3, 0.4) is 0 Å². The highest BCUT2D eigenvalue weighted by Gasteiger charge is 2.18. The lowest BCUT2D eigenvalue weighted by atomic mass is 9.96. The Morgan fingerprint density at radius 1 is 1.16 bits per heavy atom. The van der Waals surface area contributed by atoms with Crippen LogP contribution in [0, 0.1) is 12.3 Å². The summed E-state index contributed by atoms with van der Waals surface area (Å²) in [5, 5.41) is 3.90. The fourth-order valence-corrected chi connectivity index (χ4v) is 2.85. The van der Waals surface area contributed by atoms with E-state index in [9.17, 15) is 4.79 Å². The average molecular weight is 388 g/mol. The first kappa shape index (κ1) is 23.9. The molecule has 0 radical (unpaired) electrons. The van der Waals surface area contributed by atoms with Crippen molar-refractivity contribution in [3.05, 3.63) is 39.9 Å². The van der Waals surface area contributed by atoms with Gasteiger partial charge in [0.25, 0.3) is 5.56 Å². The van der Waals surface area contributed by atoms with Gasteiger partial charge in [-0.3, -0.25) is 9.36 Å². The van der Waals surface area contributed by atoms with Crippen LogP contribution in [-0.2, 0) is 13.0 Å². The van der Waals surface area contributed by atoms with Gasteiger partial charge in [-0.25, -0.2) is 4.98 Å². The Hall–Kier alpha value is -1.10. The van der Waals surface area contributed by atoms with Crippen LogP contribution < -0.4 is 10.9 Å². The maximum Gasteiger partial charge on any atom is 0.261 e. The number of nitrogens with zero attached hydrogens (tertiary/aromatic N) is 2. The van der Waals surface area contributed by atoms with Gasteiger partial charge in [-0.1, -0.05) is 32.9 Å². The van der Waals surface area contributed by atoms with E-state index < -0.39 is 0 Å². The highest BCUT2D eigenvalue weighted by Crippen LogP contribution is 2.19. The van der Waals surface area contributed by atoms with Crippen LogP contribution in [0.25, 0.3) is 10.9 Å². The molecule has 1 aromatic heterocycles. The van der Waals surface area contributed by atoms with E-state index in [2.05, 4.69) is 26.1 Å². The topological polar surface area (TPSA) is 46.9 Å². The van der Waals surface area contributed by atoms with Crippen molar-refractivity contribution in [1.29, 1.82) is 0 Å². The minimum Gasteiger partial charge on any atom is -0.320 e. The van der Waals surface area contributed by atoms with Crippen LogP contribution in [0.2, 0.25) is 0 Å². The molecule has 2 rings (SSSR count). The van der Waals surface area contributed by atoms with E-state index in [-0.39, 0.29) is 35.8 Å². The first-order valence-electron chi connectivity index (χ1n) is 8.47. The second-order valence-corrected chi connectivity index (χ2v) is 7.51. The summed E-state index contributed by atoms with van der Waals surface area (Å²) in [6.45, 7) is 10.2. The molecule has 0 aliphatic heterocycles. The number of aromatic nitrogens is 2. The molecule has 0 bridgehead atoms. The van der Waals surface area contributed by atoms with E-state index in [4.69, 9.17) is 4.98 Å². The van der Waals surface area contributed by atoms with Crippen molar-refractivity contribution in [2.24, 2.45) is 5.41 Å². The van der Waals surface area contributed by atoms with Crippen molar-refractivity contribution < 1.29 is 0 Å². The zero-order valence-electron chi connectivity index (χ0n) is 15.9. The van der Waals surface area contributed by atoms with Gasteiger partial charge in [-0.15, -0.1) is 24.8 Å². The van der Waals surface area contributed by atoms with Gasteiger partial charge < -0.3 is 5.32 Å². The SMILES string of the molecule is CNCCCCc1nc2c(C)cccc2c(=O)n1CC(C)(C)C.Cl.Cl. The number of benzene rings is 1. The molecule has 1 N–H and O–H groups in total. The summed E-state index contributed by atoms with van der Waals surface area (Å²) in [5.41, 5.74) is 2.06. The van der Waals surface area contributed by atoms with Crippen LogP contribution in [0.4, 0.5) is 0 Å². The van der Waals surface area contributed by atoms with Crippen LogP contribution in [-0.4, -0.2) is 23.1 Å². The normalized spacial score (nSPS) is 11.1. The number of para-hydroxylation sites is 1. The lowest BCUT2D eigenvalue weighted by molar-refractivity contribution is 0.330. The zero-order chi connectivity index (χ0) is 17.0.